The van der Waals surface area contributed by atoms with E-state index in [-0.39, 0.29) is 5.91 Å². The van der Waals surface area contributed by atoms with Gasteiger partial charge in [0.1, 0.15) is 5.76 Å². The summed E-state index contributed by atoms with van der Waals surface area (Å²) in [7, 11) is 0. The van der Waals surface area contributed by atoms with Gasteiger partial charge in [-0.2, -0.15) is 5.10 Å². The highest BCUT2D eigenvalue weighted by molar-refractivity contribution is 9.10. The summed E-state index contributed by atoms with van der Waals surface area (Å²) < 4.78 is 8.48. The van der Waals surface area contributed by atoms with E-state index in [1.54, 1.807) is 16.9 Å². The molecule has 0 atom stereocenters. The molecule has 0 spiro atoms. The van der Waals surface area contributed by atoms with Crippen molar-refractivity contribution in [1.29, 1.82) is 0 Å². The van der Waals surface area contributed by atoms with E-state index in [2.05, 4.69) is 25.9 Å². The van der Waals surface area contributed by atoms with E-state index in [4.69, 9.17) is 4.42 Å². The van der Waals surface area contributed by atoms with Gasteiger partial charge in [-0.05, 0) is 59.8 Å². The molecular formula is C18H23BrN4O2. The van der Waals surface area contributed by atoms with Crippen molar-refractivity contribution < 1.29 is 9.21 Å². The molecule has 1 amide bonds. The maximum absolute atomic E-state index is 12.7. The fraction of sp³-hybridized carbons (Fsp3) is 0.556. The van der Waals surface area contributed by atoms with Crippen molar-refractivity contribution >= 4 is 21.8 Å². The lowest BCUT2D eigenvalue weighted by Gasteiger charge is -2.21. The van der Waals surface area contributed by atoms with Crippen molar-refractivity contribution in [2.75, 3.05) is 32.7 Å². The summed E-state index contributed by atoms with van der Waals surface area (Å²) in [6.45, 7) is 5.38. The molecule has 1 saturated heterocycles. The van der Waals surface area contributed by atoms with Gasteiger partial charge in [-0.15, -0.1) is 0 Å². The highest BCUT2D eigenvalue weighted by Gasteiger charge is 2.27. The summed E-state index contributed by atoms with van der Waals surface area (Å²) in [5.74, 6) is 2.07. The third-order valence-electron chi connectivity index (χ3n) is 4.88. The van der Waals surface area contributed by atoms with Crippen molar-refractivity contribution in [3.05, 3.63) is 40.5 Å². The van der Waals surface area contributed by atoms with Crippen LogP contribution in [0.25, 0.3) is 0 Å². The van der Waals surface area contributed by atoms with Crippen LogP contribution in [-0.2, 0) is 6.54 Å². The molecular weight excluding hydrogens is 384 g/mol. The Labute approximate surface area is 155 Å². The van der Waals surface area contributed by atoms with Gasteiger partial charge in [0, 0.05) is 32.4 Å². The molecule has 2 aliphatic rings. The quantitative estimate of drug-likeness (QED) is 0.765. The molecule has 2 aromatic rings. The van der Waals surface area contributed by atoms with E-state index in [0.29, 0.717) is 12.3 Å². The second-order valence-electron chi connectivity index (χ2n) is 7.01. The zero-order valence-corrected chi connectivity index (χ0v) is 15.8. The third kappa shape index (κ3) is 4.33. The maximum atomic E-state index is 12.7. The van der Waals surface area contributed by atoms with Crippen LogP contribution in [0.4, 0.5) is 0 Å². The predicted octanol–water partition coefficient (Wildman–Crippen LogP) is 2.84. The van der Waals surface area contributed by atoms with Crippen LogP contribution in [0, 0.1) is 5.92 Å². The summed E-state index contributed by atoms with van der Waals surface area (Å²) in [5.41, 5.74) is 0. The van der Waals surface area contributed by atoms with Gasteiger partial charge in [-0.25, -0.2) is 0 Å². The van der Waals surface area contributed by atoms with Crippen molar-refractivity contribution in [1.82, 2.24) is 19.6 Å². The summed E-state index contributed by atoms with van der Waals surface area (Å²) in [6, 6.07) is 3.64. The van der Waals surface area contributed by atoms with Crippen LogP contribution in [0.3, 0.4) is 0 Å². The molecule has 0 unspecified atom stereocenters. The van der Waals surface area contributed by atoms with Crippen LogP contribution in [-0.4, -0.2) is 58.2 Å². The van der Waals surface area contributed by atoms with Crippen LogP contribution in [0.1, 0.15) is 35.6 Å². The lowest BCUT2D eigenvalue weighted by atomic mass is 10.3. The Morgan fingerprint density at radius 3 is 2.88 bits per heavy atom. The van der Waals surface area contributed by atoms with Crippen LogP contribution in [0.15, 0.2) is 33.4 Å². The molecule has 3 heterocycles. The molecule has 0 radical (unpaired) electrons. The van der Waals surface area contributed by atoms with Crippen LogP contribution in [0.2, 0.25) is 0 Å². The largest absolute Gasteiger partial charge is 0.454 e. The second kappa shape index (κ2) is 7.33. The molecule has 0 bridgehead atoms. The molecule has 6 nitrogen and oxygen atoms in total. The van der Waals surface area contributed by atoms with Crippen LogP contribution >= 0.6 is 15.9 Å². The Kier molecular flexibility index (Phi) is 4.94. The SMILES string of the molecule is O=C(c1ccc(Cn2cc(Br)cn2)o1)N1CCCN(CC2CC2)CC1. The normalized spacial score (nSPS) is 19.2. The molecule has 1 aliphatic carbocycles. The standard InChI is InChI=1S/C18H23BrN4O2/c19-15-10-20-23(12-15)13-16-4-5-17(25-16)18(24)22-7-1-6-21(8-9-22)11-14-2-3-14/h4-5,10,12,14H,1-3,6-9,11,13H2. The Bertz CT molecular complexity index is 737. The Morgan fingerprint density at radius 2 is 2.12 bits per heavy atom. The number of hydrogen-bond acceptors (Lipinski definition) is 4. The van der Waals surface area contributed by atoms with Gasteiger partial charge >= 0.3 is 0 Å². The Morgan fingerprint density at radius 1 is 1.24 bits per heavy atom. The fourth-order valence-electron chi connectivity index (χ4n) is 3.34. The van der Waals surface area contributed by atoms with E-state index in [9.17, 15) is 4.79 Å². The second-order valence-corrected chi connectivity index (χ2v) is 7.93. The minimum atomic E-state index is 0.00108. The number of amides is 1. The number of rotatable bonds is 5. The number of aromatic nitrogens is 2. The average Bonchev–Trinajstić information content (AvgIpc) is 3.22. The topological polar surface area (TPSA) is 54.5 Å². The molecule has 2 aromatic heterocycles. The monoisotopic (exact) mass is 406 g/mol. The van der Waals surface area contributed by atoms with E-state index < -0.39 is 0 Å². The van der Waals surface area contributed by atoms with Crippen molar-refractivity contribution in [2.24, 2.45) is 5.92 Å². The average molecular weight is 407 g/mol. The third-order valence-corrected chi connectivity index (χ3v) is 5.29. The number of carbonyl (C=O) groups excluding carboxylic acids is 1. The van der Waals surface area contributed by atoms with Crippen molar-refractivity contribution in [3.63, 3.8) is 0 Å². The van der Waals surface area contributed by atoms with E-state index in [0.717, 1.165) is 48.8 Å². The first-order valence-electron chi connectivity index (χ1n) is 8.96. The highest BCUT2D eigenvalue weighted by atomic mass is 79.9. The van der Waals surface area contributed by atoms with E-state index >= 15 is 0 Å². The smallest absolute Gasteiger partial charge is 0.289 e. The van der Waals surface area contributed by atoms with Crippen molar-refractivity contribution in [3.8, 4) is 0 Å². The van der Waals surface area contributed by atoms with Gasteiger partial charge in [0.25, 0.3) is 5.91 Å². The van der Waals surface area contributed by atoms with Gasteiger partial charge < -0.3 is 14.2 Å². The van der Waals surface area contributed by atoms with Gasteiger partial charge in [-0.1, -0.05) is 0 Å². The zero-order valence-electron chi connectivity index (χ0n) is 14.2. The minimum absolute atomic E-state index is 0.00108. The Hall–Kier alpha value is -1.60. The first-order valence-corrected chi connectivity index (χ1v) is 9.75. The number of hydrogen-bond donors (Lipinski definition) is 0. The van der Waals surface area contributed by atoms with E-state index in [1.807, 2.05) is 17.2 Å². The molecule has 0 aromatic carbocycles. The summed E-state index contributed by atoms with van der Waals surface area (Å²) in [4.78, 5) is 17.2. The maximum Gasteiger partial charge on any atom is 0.289 e. The van der Waals surface area contributed by atoms with Gasteiger partial charge in [0.05, 0.1) is 17.2 Å². The fourth-order valence-corrected chi connectivity index (χ4v) is 3.67. The van der Waals surface area contributed by atoms with Crippen LogP contribution < -0.4 is 0 Å². The lowest BCUT2D eigenvalue weighted by Crippen LogP contribution is -2.35. The van der Waals surface area contributed by atoms with Gasteiger partial charge in [0.2, 0.25) is 0 Å². The molecule has 134 valence electrons. The molecule has 4 rings (SSSR count). The first-order chi connectivity index (χ1) is 12.2. The van der Waals surface area contributed by atoms with E-state index in [1.165, 1.54) is 19.4 Å². The highest BCUT2D eigenvalue weighted by Crippen LogP contribution is 2.30. The van der Waals surface area contributed by atoms with Gasteiger partial charge in [-0.3, -0.25) is 9.48 Å². The molecule has 25 heavy (non-hydrogen) atoms. The Balaban J connectivity index is 1.35. The predicted molar refractivity (Wildman–Crippen MR) is 97.4 cm³/mol. The number of nitrogens with zero attached hydrogens (tertiary/aromatic N) is 4. The molecule has 0 N–H and O–H groups in total. The number of halogens is 1. The molecule has 7 heteroatoms. The zero-order chi connectivity index (χ0) is 17.2. The van der Waals surface area contributed by atoms with Gasteiger partial charge in [0.15, 0.2) is 5.76 Å². The lowest BCUT2D eigenvalue weighted by molar-refractivity contribution is 0.0727. The summed E-state index contributed by atoms with van der Waals surface area (Å²) >= 11 is 3.38. The summed E-state index contributed by atoms with van der Waals surface area (Å²) in [6.07, 6.45) is 7.41. The molecule has 1 aliphatic heterocycles. The van der Waals surface area contributed by atoms with Crippen molar-refractivity contribution in [2.45, 2.75) is 25.8 Å². The summed E-state index contributed by atoms with van der Waals surface area (Å²) in [5, 5.41) is 4.21. The number of furan rings is 1. The number of carbonyl (C=O) groups is 1. The van der Waals surface area contributed by atoms with Crippen LogP contribution in [0.5, 0.6) is 0 Å². The minimum Gasteiger partial charge on any atom is -0.454 e. The molecule has 2 fully saturated rings. The first kappa shape index (κ1) is 16.8. The molecule has 1 saturated carbocycles.